The lowest BCUT2D eigenvalue weighted by Gasteiger charge is -2.14. The molecule has 0 aliphatic carbocycles. The van der Waals surface area contributed by atoms with Gasteiger partial charge in [-0.15, -0.1) is 13.2 Å². The van der Waals surface area contributed by atoms with Crippen LogP contribution >= 0.6 is 0 Å². The third-order valence-electron chi connectivity index (χ3n) is 3.07. The topological polar surface area (TPSA) is 26.3 Å². The maximum Gasteiger partial charge on any atom is 0.573 e. The zero-order chi connectivity index (χ0) is 15.6. The number of halogens is 3. The van der Waals surface area contributed by atoms with E-state index in [2.05, 4.69) is 4.74 Å². The summed E-state index contributed by atoms with van der Waals surface area (Å²) in [6.45, 7) is 3.49. The molecule has 0 aliphatic rings. The number of ether oxygens (including phenoxy) is 1. The summed E-state index contributed by atoms with van der Waals surface area (Å²) < 4.78 is 41.2. The van der Waals surface area contributed by atoms with Crippen LogP contribution in [0.2, 0.25) is 0 Å². The zero-order valence-corrected chi connectivity index (χ0v) is 11.5. The molecule has 2 rings (SSSR count). The van der Waals surface area contributed by atoms with Gasteiger partial charge >= 0.3 is 6.36 Å². The van der Waals surface area contributed by atoms with Crippen molar-refractivity contribution in [3.63, 3.8) is 0 Å². The SMILES string of the molecule is Cc1cccc(C)c1C(=O)c1ccccc1OC(F)(F)F. The minimum absolute atomic E-state index is 0.104. The van der Waals surface area contributed by atoms with Gasteiger partial charge in [-0.05, 0) is 37.1 Å². The lowest BCUT2D eigenvalue weighted by Crippen LogP contribution is -2.19. The van der Waals surface area contributed by atoms with Gasteiger partial charge in [0.2, 0.25) is 0 Å². The summed E-state index contributed by atoms with van der Waals surface area (Å²) in [6.07, 6.45) is -4.84. The van der Waals surface area contributed by atoms with Gasteiger partial charge in [-0.3, -0.25) is 4.79 Å². The molecule has 2 nitrogen and oxygen atoms in total. The van der Waals surface area contributed by atoms with Crippen molar-refractivity contribution in [1.29, 1.82) is 0 Å². The fourth-order valence-electron chi connectivity index (χ4n) is 2.18. The lowest BCUT2D eigenvalue weighted by molar-refractivity contribution is -0.274. The number of aryl methyl sites for hydroxylation is 2. The maximum absolute atomic E-state index is 12.5. The molecule has 0 bridgehead atoms. The molecular formula is C16H13F3O2. The van der Waals surface area contributed by atoms with Crippen LogP contribution in [0, 0.1) is 13.8 Å². The van der Waals surface area contributed by atoms with Gasteiger partial charge < -0.3 is 4.74 Å². The minimum atomic E-state index is -4.84. The molecule has 0 fully saturated rings. The van der Waals surface area contributed by atoms with Gasteiger partial charge in [0.1, 0.15) is 5.75 Å². The van der Waals surface area contributed by atoms with Crippen LogP contribution in [-0.4, -0.2) is 12.1 Å². The summed E-state index contributed by atoms with van der Waals surface area (Å²) in [5.74, 6) is -0.969. The Bertz CT molecular complexity index is 655. The number of alkyl halides is 3. The number of benzene rings is 2. The van der Waals surface area contributed by atoms with Crippen molar-refractivity contribution in [2.75, 3.05) is 0 Å². The van der Waals surface area contributed by atoms with Gasteiger partial charge in [0.15, 0.2) is 5.78 Å². The van der Waals surface area contributed by atoms with Crippen LogP contribution in [0.25, 0.3) is 0 Å². The lowest BCUT2D eigenvalue weighted by atomic mass is 9.94. The highest BCUT2D eigenvalue weighted by Crippen LogP contribution is 2.29. The predicted octanol–water partition coefficient (Wildman–Crippen LogP) is 4.43. The number of carbonyl (C=O) groups is 1. The summed E-state index contributed by atoms with van der Waals surface area (Å²) in [7, 11) is 0. The van der Waals surface area contributed by atoms with Crippen molar-refractivity contribution in [2.45, 2.75) is 20.2 Å². The van der Waals surface area contributed by atoms with Crippen molar-refractivity contribution in [3.8, 4) is 5.75 Å². The summed E-state index contributed by atoms with van der Waals surface area (Å²) in [5.41, 5.74) is 1.71. The Labute approximate surface area is 120 Å². The molecule has 0 heterocycles. The van der Waals surface area contributed by atoms with E-state index in [4.69, 9.17) is 0 Å². The van der Waals surface area contributed by atoms with E-state index in [1.54, 1.807) is 32.0 Å². The largest absolute Gasteiger partial charge is 0.573 e. The minimum Gasteiger partial charge on any atom is -0.405 e. The number of hydrogen-bond donors (Lipinski definition) is 0. The van der Waals surface area contributed by atoms with Crippen LogP contribution in [0.3, 0.4) is 0 Å². The van der Waals surface area contributed by atoms with Crippen molar-refractivity contribution in [2.24, 2.45) is 0 Å². The summed E-state index contributed by atoms with van der Waals surface area (Å²) in [5, 5.41) is 0. The van der Waals surface area contributed by atoms with Gasteiger partial charge in [-0.1, -0.05) is 30.3 Å². The molecule has 2 aromatic rings. The second kappa shape index (κ2) is 5.60. The highest BCUT2D eigenvalue weighted by atomic mass is 19.4. The van der Waals surface area contributed by atoms with Crippen LogP contribution in [-0.2, 0) is 0 Å². The molecule has 0 saturated carbocycles. The Morgan fingerprint density at radius 2 is 1.52 bits per heavy atom. The first-order valence-electron chi connectivity index (χ1n) is 6.25. The van der Waals surface area contributed by atoms with Crippen LogP contribution in [0.4, 0.5) is 13.2 Å². The Morgan fingerprint density at radius 1 is 0.952 bits per heavy atom. The standard InChI is InChI=1S/C16H13F3O2/c1-10-6-5-7-11(2)14(10)15(20)12-8-3-4-9-13(12)21-16(17,18)19/h3-9H,1-2H3. The number of carbonyl (C=O) groups excluding carboxylic acids is 1. The maximum atomic E-state index is 12.5. The number of ketones is 1. The van der Waals surface area contributed by atoms with Gasteiger partial charge in [0.25, 0.3) is 0 Å². The number of para-hydroxylation sites is 1. The Morgan fingerprint density at radius 3 is 2.10 bits per heavy atom. The van der Waals surface area contributed by atoms with Crippen molar-refractivity contribution in [1.82, 2.24) is 0 Å². The van der Waals surface area contributed by atoms with Crippen LogP contribution in [0.5, 0.6) is 5.75 Å². The van der Waals surface area contributed by atoms with E-state index in [1.807, 2.05) is 0 Å². The van der Waals surface area contributed by atoms with Crippen LogP contribution in [0.1, 0.15) is 27.0 Å². The van der Waals surface area contributed by atoms with E-state index in [0.717, 1.165) is 6.07 Å². The number of hydrogen-bond acceptors (Lipinski definition) is 2. The predicted molar refractivity (Wildman–Crippen MR) is 72.5 cm³/mol. The molecule has 5 heteroatoms. The average molecular weight is 294 g/mol. The highest BCUT2D eigenvalue weighted by Gasteiger charge is 2.33. The molecule has 0 aromatic heterocycles. The van der Waals surface area contributed by atoms with Crippen LogP contribution < -0.4 is 4.74 Å². The first-order valence-corrected chi connectivity index (χ1v) is 6.25. The molecule has 0 unspecified atom stereocenters. The molecule has 0 spiro atoms. The second-order valence-corrected chi connectivity index (χ2v) is 4.64. The third kappa shape index (κ3) is 3.42. The van der Waals surface area contributed by atoms with E-state index in [9.17, 15) is 18.0 Å². The van der Waals surface area contributed by atoms with E-state index in [1.165, 1.54) is 18.2 Å². The molecule has 21 heavy (non-hydrogen) atoms. The van der Waals surface area contributed by atoms with Gasteiger partial charge in [0, 0.05) is 5.56 Å². The normalized spacial score (nSPS) is 11.3. The van der Waals surface area contributed by atoms with Gasteiger partial charge in [-0.2, -0.15) is 0 Å². The Kier molecular flexibility index (Phi) is 4.02. The van der Waals surface area contributed by atoms with Crippen molar-refractivity contribution in [3.05, 3.63) is 64.7 Å². The molecule has 0 saturated heterocycles. The molecular weight excluding hydrogens is 281 g/mol. The zero-order valence-electron chi connectivity index (χ0n) is 11.5. The second-order valence-electron chi connectivity index (χ2n) is 4.64. The third-order valence-corrected chi connectivity index (χ3v) is 3.07. The van der Waals surface area contributed by atoms with Gasteiger partial charge in [-0.25, -0.2) is 0 Å². The van der Waals surface area contributed by atoms with Crippen molar-refractivity contribution < 1.29 is 22.7 Å². The molecule has 0 aliphatic heterocycles. The van der Waals surface area contributed by atoms with E-state index in [-0.39, 0.29) is 5.56 Å². The fourth-order valence-corrected chi connectivity index (χ4v) is 2.18. The smallest absolute Gasteiger partial charge is 0.405 e. The molecule has 0 atom stereocenters. The fraction of sp³-hybridized carbons (Fsp3) is 0.188. The van der Waals surface area contributed by atoms with E-state index < -0.39 is 17.9 Å². The first-order chi connectivity index (χ1) is 9.79. The Balaban J connectivity index is 2.50. The van der Waals surface area contributed by atoms with E-state index in [0.29, 0.717) is 16.7 Å². The first kappa shape index (κ1) is 15.1. The summed E-state index contributed by atoms with van der Waals surface area (Å²) >= 11 is 0. The van der Waals surface area contributed by atoms with Gasteiger partial charge in [0.05, 0.1) is 5.56 Å². The Hall–Kier alpha value is -2.30. The van der Waals surface area contributed by atoms with E-state index >= 15 is 0 Å². The number of rotatable bonds is 3. The molecule has 0 amide bonds. The molecule has 110 valence electrons. The quantitative estimate of drug-likeness (QED) is 0.783. The summed E-state index contributed by atoms with van der Waals surface area (Å²) in [4.78, 5) is 12.5. The summed E-state index contributed by atoms with van der Waals surface area (Å²) in [6, 6.07) is 10.6. The van der Waals surface area contributed by atoms with Crippen molar-refractivity contribution >= 4 is 5.78 Å². The molecule has 0 radical (unpaired) electrons. The average Bonchev–Trinajstić information content (AvgIpc) is 2.37. The van der Waals surface area contributed by atoms with Crippen LogP contribution in [0.15, 0.2) is 42.5 Å². The molecule has 0 N–H and O–H groups in total. The molecule has 2 aromatic carbocycles. The highest BCUT2D eigenvalue weighted by molar-refractivity contribution is 6.12. The monoisotopic (exact) mass is 294 g/mol.